The molecule has 0 bridgehead atoms. The van der Waals surface area contributed by atoms with Crippen LogP contribution in [0.5, 0.6) is 0 Å². The number of esters is 1. The van der Waals surface area contributed by atoms with Crippen LogP contribution in [0.3, 0.4) is 0 Å². The maximum Gasteiger partial charge on any atom is 0.339 e. The molecule has 0 N–H and O–H groups in total. The first-order valence-electron chi connectivity index (χ1n) is 4.69. The van der Waals surface area contributed by atoms with Crippen LogP contribution in [-0.2, 0) is 10.2 Å². The fourth-order valence-electron chi connectivity index (χ4n) is 1.26. The summed E-state index contributed by atoms with van der Waals surface area (Å²) >= 11 is 1.62. The molecule has 0 aliphatic heterocycles. The molecule has 0 saturated carbocycles. The summed E-state index contributed by atoms with van der Waals surface area (Å²) in [5.74, 6) is -0.234. The van der Waals surface area contributed by atoms with E-state index in [0.29, 0.717) is 5.56 Å². The van der Waals surface area contributed by atoms with Gasteiger partial charge < -0.3 is 4.74 Å². The fraction of sp³-hybridized carbons (Fsp3) is 0.545. The van der Waals surface area contributed by atoms with Crippen LogP contribution in [0.15, 0.2) is 11.4 Å². The van der Waals surface area contributed by atoms with Gasteiger partial charge in [0.25, 0.3) is 0 Å². The van der Waals surface area contributed by atoms with E-state index in [1.165, 1.54) is 7.11 Å². The Balaban J connectivity index is 3.10. The summed E-state index contributed by atoms with van der Waals surface area (Å²) in [6.45, 7) is 6.41. The first kappa shape index (κ1) is 11.2. The standard InChI is InChI=1S/C11H16O2S/c1-5-11(2,3)9-8(6-7-14-9)10(12)13-4/h6-7H,5H2,1-4H3. The summed E-state index contributed by atoms with van der Waals surface area (Å²) in [7, 11) is 1.42. The van der Waals surface area contributed by atoms with Gasteiger partial charge in [0.2, 0.25) is 0 Å². The summed E-state index contributed by atoms with van der Waals surface area (Å²) in [5.41, 5.74) is 0.766. The summed E-state index contributed by atoms with van der Waals surface area (Å²) in [6.07, 6.45) is 1.01. The van der Waals surface area contributed by atoms with E-state index in [9.17, 15) is 4.79 Å². The number of carbonyl (C=O) groups excluding carboxylic acids is 1. The molecule has 1 aromatic rings. The van der Waals surface area contributed by atoms with Gasteiger partial charge in [-0.3, -0.25) is 0 Å². The molecule has 0 aromatic carbocycles. The van der Waals surface area contributed by atoms with Gasteiger partial charge in [0.15, 0.2) is 0 Å². The van der Waals surface area contributed by atoms with Crippen molar-refractivity contribution in [2.45, 2.75) is 32.6 Å². The predicted molar refractivity (Wildman–Crippen MR) is 59.0 cm³/mol. The molecule has 0 radical (unpaired) electrons. The Morgan fingerprint density at radius 1 is 1.57 bits per heavy atom. The molecule has 0 unspecified atom stereocenters. The predicted octanol–water partition coefficient (Wildman–Crippen LogP) is 3.22. The van der Waals surface area contributed by atoms with Crippen molar-refractivity contribution in [2.75, 3.05) is 7.11 Å². The van der Waals surface area contributed by atoms with Crippen LogP contribution in [0.4, 0.5) is 0 Å². The Labute approximate surface area is 88.9 Å². The highest BCUT2D eigenvalue weighted by atomic mass is 32.1. The Bertz CT molecular complexity index is 326. The number of hydrogen-bond acceptors (Lipinski definition) is 3. The SMILES string of the molecule is CCC(C)(C)c1sccc1C(=O)OC. The minimum Gasteiger partial charge on any atom is -0.465 e. The third-order valence-electron chi connectivity index (χ3n) is 2.57. The molecule has 1 heterocycles. The van der Waals surface area contributed by atoms with Gasteiger partial charge in [-0.15, -0.1) is 11.3 Å². The van der Waals surface area contributed by atoms with Gasteiger partial charge in [0.1, 0.15) is 0 Å². The smallest absolute Gasteiger partial charge is 0.339 e. The lowest BCUT2D eigenvalue weighted by Gasteiger charge is -2.22. The van der Waals surface area contributed by atoms with E-state index in [1.807, 2.05) is 11.4 Å². The zero-order valence-electron chi connectivity index (χ0n) is 9.09. The summed E-state index contributed by atoms with van der Waals surface area (Å²) in [5, 5.41) is 1.94. The fourth-order valence-corrected chi connectivity index (χ4v) is 2.35. The Morgan fingerprint density at radius 3 is 2.71 bits per heavy atom. The van der Waals surface area contributed by atoms with Crippen LogP contribution in [0.1, 0.15) is 42.4 Å². The molecule has 0 amide bonds. The van der Waals surface area contributed by atoms with E-state index < -0.39 is 0 Å². The van der Waals surface area contributed by atoms with Gasteiger partial charge in [-0.1, -0.05) is 20.8 Å². The molecule has 14 heavy (non-hydrogen) atoms. The monoisotopic (exact) mass is 212 g/mol. The number of hydrogen-bond donors (Lipinski definition) is 0. The quantitative estimate of drug-likeness (QED) is 0.719. The van der Waals surface area contributed by atoms with Crippen LogP contribution >= 0.6 is 11.3 Å². The van der Waals surface area contributed by atoms with Gasteiger partial charge >= 0.3 is 5.97 Å². The zero-order valence-corrected chi connectivity index (χ0v) is 9.90. The summed E-state index contributed by atoms with van der Waals surface area (Å²) in [6, 6.07) is 1.84. The van der Waals surface area contributed by atoms with Gasteiger partial charge in [-0.05, 0) is 23.3 Å². The van der Waals surface area contributed by atoms with E-state index in [1.54, 1.807) is 11.3 Å². The average Bonchev–Trinajstić information content (AvgIpc) is 2.65. The van der Waals surface area contributed by atoms with Crippen LogP contribution in [0, 0.1) is 0 Å². The van der Waals surface area contributed by atoms with Gasteiger partial charge in [-0.2, -0.15) is 0 Å². The molecular weight excluding hydrogens is 196 g/mol. The Hall–Kier alpha value is -0.830. The molecule has 3 heteroatoms. The van der Waals surface area contributed by atoms with Crippen molar-refractivity contribution >= 4 is 17.3 Å². The second-order valence-corrected chi connectivity index (χ2v) is 4.81. The van der Waals surface area contributed by atoms with Crippen molar-refractivity contribution in [3.8, 4) is 0 Å². The Morgan fingerprint density at radius 2 is 2.21 bits per heavy atom. The number of rotatable bonds is 3. The first-order chi connectivity index (χ1) is 6.53. The van der Waals surface area contributed by atoms with Crippen LogP contribution in [0.25, 0.3) is 0 Å². The van der Waals surface area contributed by atoms with Crippen molar-refractivity contribution in [2.24, 2.45) is 0 Å². The molecule has 1 rings (SSSR count). The second kappa shape index (κ2) is 4.13. The molecule has 78 valence electrons. The maximum absolute atomic E-state index is 11.4. The number of thiophene rings is 1. The first-order valence-corrected chi connectivity index (χ1v) is 5.57. The Kier molecular flexibility index (Phi) is 3.32. The van der Waals surface area contributed by atoms with E-state index in [-0.39, 0.29) is 11.4 Å². The van der Waals surface area contributed by atoms with Crippen LogP contribution in [0.2, 0.25) is 0 Å². The topological polar surface area (TPSA) is 26.3 Å². The summed E-state index contributed by atoms with van der Waals surface area (Å²) in [4.78, 5) is 12.6. The molecule has 0 spiro atoms. The van der Waals surface area contributed by atoms with Crippen molar-refractivity contribution in [3.05, 3.63) is 21.9 Å². The lowest BCUT2D eigenvalue weighted by atomic mass is 9.86. The highest BCUT2D eigenvalue weighted by Gasteiger charge is 2.26. The zero-order chi connectivity index (χ0) is 10.8. The normalized spacial score (nSPS) is 11.4. The van der Waals surface area contributed by atoms with Gasteiger partial charge in [-0.25, -0.2) is 4.79 Å². The molecule has 0 fully saturated rings. The van der Waals surface area contributed by atoms with Crippen molar-refractivity contribution in [1.29, 1.82) is 0 Å². The summed E-state index contributed by atoms with van der Waals surface area (Å²) < 4.78 is 4.74. The third-order valence-corrected chi connectivity index (χ3v) is 3.85. The van der Waals surface area contributed by atoms with Crippen LogP contribution in [-0.4, -0.2) is 13.1 Å². The van der Waals surface area contributed by atoms with Gasteiger partial charge in [0, 0.05) is 4.88 Å². The van der Waals surface area contributed by atoms with Crippen molar-refractivity contribution in [3.63, 3.8) is 0 Å². The maximum atomic E-state index is 11.4. The minimum atomic E-state index is -0.234. The molecule has 1 aromatic heterocycles. The number of ether oxygens (including phenoxy) is 1. The highest BCUT2D eigenvalue weighted by molar-refractivity contribution is 7.10. The van der Waals surface area contributed by atoms with E-state index in [4.69, 9.17) is 4.74 Å². The largest absolute Gasteiger partial charge is 0.465 e. The molecule has 0 atom stereocenters. The van der Waals surface area contributed by atoms with Crippen LogP contribution < -0.4 is 0 Å². The minimum absolute atomic E-state index is 0.0533. The number of carbonyl (C=O) groups is 1. The second-order valence-electron chi connectivity index (χ2n) is 3.89. The molecule has 2 nitrogen and oxygen atoms in total. The van der Waals surface area contributed by atoms with Gasteiger partial charge in [0.05, 0.1) is 12.7 Å². The number of methoxy groups -OCH3 is 1. The van der Waals surface area contributed by atoms with E-state index in [0.717, 1.165) is 11.3 Å². The molecule has 0 aliphatic rings. The third kappa shape index (κ3) is 1.98. The lowest BCUT2D eigenvalue weighted by molar-refractivity contribution is 0.0598. The van der Waals surface area contributed by atoms with Crippen molar-refractivity contribution in [1.82, 2.24) is 0 Å². The molecular formula is C11H16O2S. The van der Waals surface area contributed by atoms with E-state index in [2.05, 4.69) is 20.8 Å². The molecule has 0 aliphatic carbocycles. The van der Waals surface area contributed by atoms with Crippen molar-refractivity contribution < 1.29 is 9.53 Å². The molecule has 0 saturated heterocycles. The van der Waals surface area contributed by atoms with E-state index >= 15 is 0 Å². The highest BCUT2D eigenvalue weighted by Crippen LogP contribution is 2.34. The average molecular weight is 212 g/mol. The lowest BCUT2D eigenvalue weighted by Crippen LogP contribution is -2.17.